The Hall–Kier alpha value is -2.21. The Balaban J connectivity index is 0.00000380. The molecule has 0 aromatic heterocycles. The monoisotopic (exact) mass is 611 g/mol. The first kappa shape index (κ1) is 29.3. The highest BCUT2D eigenvalue weighted by Gasteiger charge is 2.25. The Labute approximate surface area is 232 Å². The van der Waals surface area contributed by atoms with Gasteiger partial charge in [0.2, 0.25) is 10.0 Å². The first-order chi connectivity index (χ1) is 17.3. The molecule has 3 aromatic rings. The van der Waals surface area contributed by atoms with Gasteiger partial charge in [0.1, 0.15) is 11.8 Å². The second-order valence-electron chi connectivity index (χ2n) is 8.81. The molecule has 4 rings (SSSR count). The van der Waals surface area contributed by atoms with Crippen LogP contribution in [0, 0.1) is 0 Å². The van der Waals surface area contributed by atoms with E-state index in [1.807, 2.05) is 36.4 Å². The number of piperazine rings is 1. The van der Waals surface area contributed by atoms with Gasteiger partial charge < -0.3 is 20.1 Å². The van der Waals surface area contributed by atoms with E-state index in [1.54, 1.807) is 12.1 Å². The molecule has 37 heavy (non-hydrogen) atoms. The van der Waals surface area contributed by atoms with Gasteiger partial charge in [-0.25, -0.2) is 8.42 Å². The number of halogens is 2. The number of nitrogens with zero attached hydrogens (tertiary/aromatic N) is 1. The van der Waals surface area contributed by atoms with Crippen molar-refractivity contribution in [2.24, 2.45) is 0 Å². The fraction of sp³-hybridized carbons (Fsp3) is 0.346. The average Bonchev–Trinajstić information content (AvgIpc) is 2.87. The number of carboxylic acids is 1. The highest BCUT2D eigenvalue weighted by molar-refractivity contribution is 9.10. The van der Waals surface area contributed by atoms with E-state index < -0.39 is 22.0 Å². The number of hydrogen-bond donors (Lipinski definition) is 3. The predicted molar refractivity (Wildman–Crippen MR) is 150 cm³/mol. The molecule has 0 aliphatic carbocycles. The normalized spacial score (nSPS) is 15.2. The van der Waals surface area contributed by atoms with Gasteiger partial charge in [-0.3, -0.25) is 4.79 Å². The SMILES string of the molecule is Cl.O=C(O)C(Cc1ccc2cc(OCCCN3CCNCC3)ccc2c1)NS(=O)(=O)c1ccc(Br)cc1. The summed E-state index contributed by atoms with van der Waals surface area (Å²) in [6.07, 6.45) is 0.981. The number of sulfonamides is 1. The summed E-state index contributed by atoms with van der Waals surface area (Å²) in [6, 6.07) is 16.2. The lowest BCUT2D eigenvalue weighted by Crippen LogP contribution is -2.43. The molecule has 0 saturated carbocycles. The number of fused-ring (bicyclic) bond motifs is 1. The Morgan fingerprint density at radius 1 is 1.05 bits per heavy atom. The van der Waals surface area contributed by atoms with Crippen LogP contribution in [-0.4, -0.2) is 69.8 Å². The van der Waals surface area contributed by atoms with Crippen LogP contribution in [0.4, 0.5) is 0 Å². The number of carbonyl (C=O) groups is 1. The minimum absolute atomic E-state index is 0. The molecule has 1 aliphatic heterocycles. The van der Waals surface area contributed by atoms with Crippen LogP contribution in [0.25, 0.3) is 10.8 Å². The van der Waals surface area contributed by atoms with Gasteiger partial charge >= 0.3 is 5.97 Å². The number of nitrogens with one attached hydrogen (secondary N) is 2. The molecule has 1 fully saturated rings. The third-order valence-corrected chi connectivity index (χ3v) is 8.15. The van der Waals surface area contributed by atoms with Crippen molar-refractivity contribution in [1.82, 2.24) is 14.9 Å². The zero-order valence-corrected chi connectivity index (χ0v) is 23.4. The highest BCUT2D eigenvalue weighted by Crippen LogP contribution is 2.23. The molecular formula is C26H31BrClN3O5S. The summed E-state index contributed by atoms with van der Waals surface area (Å²) in [5, 5.41) is 14.9. The molecule has 0 bridgehead atoms. The number of aliphatic carboxylic acids is 1. The van der Waals surface area contributed by atoms with Gasteiger partial charge in [0.05, 0.1) is 11.5 Å². The van der Waals surface area contributed by atoms with Crippen LogP contribution in [0.15, 0.2) is 70.0 Å². The molecule has 0 amide bonds. The molecule has 8 nitrogen and oxygen atoms in total. The van der Waals surface area contributed by atoms with Gasteiger partial charge in [-0.15, -0.1) is 12.4 Å². The summed E-state index contributed by atoms with van der Waals surface area (Å²) in [7, 11) is -3.98. The van der Waals surface area contributed by atoms with E-state index >= 15 is 0 Å². The van der Waals surface area contributed by atoms with E-state index in [1.165, 1.54) is 12.1 Å². The van der Waals surface area contributed by atoms with Gasteiger partial charge in [0, 0.05) is 37.2 Å². The molecule has 11 heteroatoms. The van der Waals surface area contributed by atoms with Gasteiger partial charge in [0.15, 0.2) is 0 Å². The standard InChI is InChI=1S/C26H30BrN3O5S.ClH/c27-22-5-8-24(9-6-22)36(33,34)29-25(26(31)32)17-19-2-3-21-18-23(7-4-20(21)16-19)35-15-1-12-30-13-10-28-11-14-30;/h2-9,16,18,25,28-29H,1,10-15,17H2,(H,31,32);1H. The summed E-state index contributed by atoms with van der Waals surface area (Å²) >= 11 is 3.26. The maximum absolute atomic E-state index is 12.7. The Morgan fingerprint density at radius 3 is 2.43 bits per heavy atom. The topological polar surface area (TPSA) is 108 Å². The summed E-state index contributed by atoms with van der Waals surface area (Å²) in [4.78, 5) is 14.3. The van der Waals surface area contributed by atoms with Crippen molar-refractivity contribution < 1.29 is 23.1 Å². The molecule has 3 N–H and O–H groups in total. The van der Waals surface area contributed by atoms with Crippen LogP contribution in [0.3, 0.4) is 0 Å². The van der Waals surface area contributed by atoms with Gasteiger partial charge in [-0.2, -0.15) is 4.72 Å². The lowest BCUT2D eigenvalue weighted by atomic mass is 10.0. The van der Waals surface area contributed by atoms with Crippen molar-refractivity contribution in [2.75, 3.05) is 39.3 Å². The van der Waals surface area contributed by atoms with Crippen LogP contribution in [0.2, 0.25) is 0 Å². The van der Waals surface area contributed by atoms with Crippen LogP contribution >= 0.6 is 28.3 Å². The van der Waals surface area contributed by atoms with Crippen molar-refractivity contribution >= 4 is 55.1 Å². The Bertz CT molecular complexity index is 1300. The van der Waals surface area contributed by atoms with Crippen LogP contribution in [0.1, 0.15) is 12.0 Å². The first-order valence-corrected chi connectivity index (χ1v) is 14.2. The maximum Gasteiger partial charge on any atom is 0.322 e. The maximum atomic E-state index is 12.7. The van der Waals surface area contributed by atoms with Crippen molar-refractivity contribution in [3.8, 4) is 5.75 Å². The fourth-order valence-electron chi connectivity index (χ4n) is 4.19. The summed E-state index contributed by atoms with van der Waals surface area (Å²) in [6.45, 7) is 5.90. The number of benzene rings is 3. The summed E-state index contributed by atoms with van der Waals surface area (Å²) < 4.78 is 34.4. The summed E-state index contributed by atoms with van der Waals surface area (Å²) in [5.41, 5.74) is 0.720. The Kier molecular flexibility index (Phi) is 10.7. The predicted octanol–water partition coefficient (Wildman–Crippen LogP) is 3.67. The number of rotatable bonds is 11. The molecule has 0 radical (unpaired) electrons. The Morgan fingerprint density at radius 2 is 1.73 bits per heavy atom. The lowest BCUT2D eigenvalue weighted by Gasteiger charge is -2.26. The molecule has 1 saturated heterocycles. The van der Waals surface area contributed by atoms with Crippen LogP contribution in [-0.2, 0) is 21.2 Å². The molecule has 1 heterocycles. The second-order valence-corrected chi connectivity index (χ2v) is 11.4. The van der Waals surface area contributed by atoms with Crippen molar-refractivity contribution in [1.29, 1.82) is 0 Å². The van der Waals surface area contributed by atoms with E-state index in [0.29, 0.717) is 6.61 Å². The first-order valence-electron chi connectivity index (χ1n) is 11.9. The van der Waals surface area contributed by atoms with Gasteiger partial charge in [-0.05, 0) is 65.6 Å². The third-order valence-electron chi connectivity index (χ3n) is 6.13. The van der Waals surface area contributed by atoms with E-state index in [4.69, 9.17) is 4.74 Å². The highest BCUT2D eigenvalue weighted by atomic mass is 79.9. The van der Waals surface area contributed by atoms with Gasteiger partial charge in [-0.1, -0.05) is 40.2 Å². The average molecular weight is 613 g/mol. The zero-order chi connectivity index (χ0) is 25.5. The van der Waals surface area contributed by atoms with Crippen LogP contribution in [0.5, 0.6) is 5.75 Å². The largest absolute Gasteiger partial charge is 0.494 e. The lowest BCUT2D eigenvalue weighted by molar-refractivity contribution is -0.138. The smallest absolute Gasteiger partial charge is 0.322 e. The van der Waals surface area contributed by atoms with Gasteiger partial charge in [0.25, 0.3) is 0 Å². The van der Waals surface area contributed by atoms with Crippen molar-refractivity contribution in [2.45, 2.75) is 23.8 Å². The fourth-order valence-corrected chi connectivity index (χ4v) is 5.64. The minimum Gasteiger partial charge on any atom is -0.494 e. The molecule has 0 spiro atoms. The van der Waals surface area contributed by atoms with E-state index in [0.717, 1.165) is 65.7 Å². The second kappa shape index (κ2) is 13.5. The van der Waals surface area contributed by atoms with Crippen molar-refractivity contribution in [3.63, 3.8) is 0 Å². The van der Waals surface area contributed by atoms with Crippen molar-refractivity contribution in [3.05, 3.63) is 70.7 Å². The number of carboxylic acid groups (broad SMARTS) is 1. The third kappa shape index (κ3) is 8.39. The molecule has 200 valence electrons. The molecule has 1 aliphatic rings. The quantitative estimate of drug-likeness (QED) is 0.284. The van der Waals surface area contributed by atoms with Crippen LogP contribution < -0.4 is 14.8 Å². The van der Waals surface area contributed by atoms with E-state index in [-0.39, 0.29) is 23.7 Å². The van der Waals surface area contributed by atoms with E-state index in [9.17, 15) is 18.3 Å². The zero-order valence-electron chi connectivity index (χ0n) is 20.2. The number of hydrogen-bond acceptors (Lipinski definition) is 6. The molecule has 3 aromatic carbocycles. The number of ether oxygens (including phenoxy) is 1. The molecule has 1 atom stereocenters. The van der Waals surface area contributed by atoms with E-state index in [2.05, 4.69) is 30.9 Å². The molecule has 1 unspecified atom stereocenters. The minimum atomic E-state index is -3.98. The summed E-state index contributed by atoms with van der Waals surface area (Å²) in [5.74, 6) is -0.443. The molecular weight excluding hydrogens is 582 g/mol.